The van der Waals surface area contributed by atoms with Crippen LogP contribution in [-0.4, -0.2) is 19.6 Å². The zero-order valence-electron chi connectivity index (χ0n) is 6.90. The molecule has 0 radical (unpaired) electrons. The summed E-state index contributed by atoms with van der Waals surface area (Å²) in [7, 11) is 1.62. The van der Waals surface area contributed by atoms with Gasteiger partial charge in [-0.3, -0.25) is 0 Å². The molecule has 0 bridgehead atoms. The number of urea groups is 1. The van der Waals surface area contributed by atoms with E-state index < -0.39 is 0 Å². The van der Waals surface area contributed by atoms with Crippen molar-refractivity contribution in [2.24, 2.45) is 5.92 Å². The van der Waals surface area contributed by atoms with Crippen molar-refractivity contribution in [3.63, 3.8) is 0 Å². The maximum atomic E-state index is 10.6. The molecule has 0 spiro atoms. The first-order valence-corrected chi connectivity index (χ1v) is 3.66. The van der Waals surface area contributed by atoms with Crippen LogP contribution in [0.3, 0.4) is 0 Å². The van der Waals surface area contributed by atoms with Gasteiger partial charge in [0.25, 0.3) is 0 Å². The fourth-order valence-electron chi connectivity index (χ4n) is 0.500. The van der Waals surface area contributed by atoms with Crippen LogP contribution < -0.4 is 10.6 Å². The molecule has 10 heavy (non-hydrogen) atoms. The summed E-state index contributed by atoms with van der Waals surface area (Å²) in [6.07, 6.45) is 1.10. The summed E-state index contributed by atoms with van der Waals surface area (Å²) in [6.45, 7) is 4.97. The number of carbonyl (C=O) groups is 1. The molecule has 0 unspecified atom stereocenters. The van der Waals surface area contributed by atoms with Gasteiger partial charge in [0.2, 0.25) is 0 Å². The van der Waals surface area contributed by atoms with Gasteiger partial charge in [-0.05, 0) is 5.92 Å². The first kappa shape index (κ1) is 9.27. The van der Waals surface area contributed by atoms with Crippen molar-refractivity contribution in [2.75, 3.05) is 13.6 Å². The Morgan fingerprint density at radius 2 is 2.20 bits per heavy atom. The van der Waals surface area contributed by atoms with Gasteiger partial charge in [-0.1, -0.05) is 20.3 Å². The predicted octanol–water partition coefficient (Wildman–Crippen LogP) is 0.961. The van der Waals surface area contributed by atoms with Gasteiger partial charge >= 0.3 is 6.03 Å². The Balaban J connectivity index is 3.26. The smallest absolute Gasteiger partial charge is 0.314 e. The molecule has 3 nitrogen and oxygen atoms in total. The highest BCUT2D eigenvalue weighted by Crippen LogP contribution is 1.96. The van der Waals surface area contributed by atoms with E-state index in [0.29, 0.717) is 5.92 Å². The summed E-state index contributed by atoms with van der Waals surface area (Å²) in [6, 6.07) is -0.0969. The van der Waals surface area contributed by atoms with E-state index in [4.69, 9.17) is 0 Å². The van der Waals surface area contributed by atoms with Crippen molar-refractivity contribution >= 4 is 6.03 Å². The topological polar surface area (TPSA) is 41.1 Å². The summed E-state index contributed by atoms with van der Waals surface area (Å²) in [4.78, 5) is 10.6. The molecule has 0 saturated heterocycles. The fraction of sp³-hybridized carbons (Fsp3) is 0.857. The highest BCUT2D eigenvalue weighted by atomic mass is 16.2. The van der Waals surface area contributed by atoms with Crippen molar-refractivity contribution in [1.29, 1.82) is 0 Å². The molecule has 0 aromatic carbocycles. The van der Waals surface area contributed by atoms with Crippen molar-refractivity contribution in [3.8, 4) is 0 Å². The molecule has 0 rings (SSSR count). The molecule has 0 fully saturated rings. The lowest BCUT2D eigenvalue weighted by Crippen LogP contribution is -2.35. The second-order valence-electron chi connectivity index (χ2n) is 2.47. The Bertz CT molecular complexity index is 104. The molecule has 0 aliphatic rings. The molecule has 0 aliphatic carbocycles. The van der Waals surface area contributed by atoms with Gasteiger partial charge in [0.05, 0.1) is 0 Å². The Morgan fingerprint density at radius 1 is 1.60 bits per heavy atom. The molecular weight excluding hydrogens is 128 g/mol. The first-order valence-electron chi connectivity index (χ1n) is 3.66. The third-order valence-corrected chi connectivity index (χ3v) is 1.54. The normalized spacial score (nSPS) is 12.3. The van der Waals surface area contributed by atoms with Crippen LogP contribution in [0.5, 0.6) is 0 Å². The molecule has 1 atom stereocenters. The molecular formula is C7H16N2O. The summed E-state index contributed by atoms with van der Waals surface area (Å²) in [5.41, 5.74) is 0. The van der Waals surface area contributed by atoms with Crippen molar-refractivity contribution in [3.05, 3.63) is 0 Å². The molecule has 0 aromatic heterocycles. The van der Waals surface area contributed by atoms with E-state index in [1.54, 1.807) is 7.05 Å². The quantitative estimate of drug-likeness (QED) is 0.608. The number of carbonyl (C=O) groups excluding carboxylic acids is 1. The largest absolute Gasteiger partial charge is 0.341 e. The van der Waals surface area contributed by atoms with Gasteiger partial charge in [0.1, 0.15) is 0 Å². The number of nitrogens with one attached hydrogen (secondary N) is 2. The molecule has 2 N–H and O–H groups in total. The highest BCUT2D eigenvalue weighted by Gasteiger charge is 1.99. The van der Waals surface area contributed by atoms with E-state index in [1.807, 2.05) is 0 Å². The average molecular weight is 144 g/mol. The maximum Gasteiger partial charge on any atom is 0.314 e. The lowest BCUT2D eigenvalue weighted by Gasteiger charge is -2.08. The summed E-state index contributed by atoms with van der Waals surface area (Å²) in [5, 5.41) is 5.23. The van der Waals surface area contributed by atoms with E-state index in [9.17, 15) is 4.79 Å². The summed E-state index contributed by atoms with van der Waals surface area (Å²) < 4.78 is 0. The number of amides is 2. The number of hydrogen-bond donors (Lipinski definition) is 2. The third kappa shape index (κ3) is 4.18. The van der Waals surface area contributed by atoms with E-state index in [2.05, 4.69) is 24.5 Å². The van der Waals surface area contributed by atoms with Gasteiger partial charge in [-0.15, -0.1) is 0 Å². The molecule has 60 valence electrons. The van der Waals surface area contributed by atoms with Gasteiger partial charge in [0.15, 0.2) is 0 Å². The predicted molar refractivity (Wildman–Crippen MR) is 41.9 cm³/mol. The Kier molecular flexibility index (Phi) is 4.72. The van der Waals surface area contributed by atoms with Crippen LogP contribution in [0, 0.1) is 5.92 Å². The minimum absolute atomic E-state index is 0.0969. The second-order valence-corrected chi connectivity index (χ2v) is 2.47. The summed E-state index contributed by atoms with van der Waals surface area (Å²) in [5.74, 6) is 0.567. The standard InChI is InChI=1S/C7H16N2O/c1-4-6(2)5-9-7(10)8-3/h6H,4-5H2,1-3H3,(H2,8,9,10)/t6-/m0/s1. The van der Waals surface area contributed by atoms with Crippen LogP contribution >= 0.6 is 0 Å². The lowest BCUT2D eigenvalue weighted by molar-refractivity contribution is 0.241. The van der Waals surface area contributed by atoms with Crippen LogP contribution in [0.4, 0.5) is 4.79 Å². The van der Waals surface area contributed by atoms with Crippen LogP contribution in [0.2, 0.25) is 0 Å². The molecule has 0 heterocycles. The van der Waals surface area contributed by atoms with Crippen LogP contribution in [0.25, 0.3) is 0 Å². The van der Waals surface area contributed by atoms with Gasteiger partial charge in [-0.2, -0.15) is 0 Å². The summed E-state index contributed by atoms with van der Waals surface area (Å²) >= 11 is 0. The SMILES string of the molecule is CC[C@H](C)CNC(=O)NC. The fourth-order valence-corrected chi connectivity index (χ4v) is 0.500. The molecule has 0 saturated carbocycles. The Labute approximate surface area is 62.2 Å². The van der Waals surface area contributed by atoms with Crippen LogP contribution in [0.1, 0.15) is 20.3 Å². The van der Waals surface area contributed by atoms with Crippen LogP contribution in [-0.2, 0) is 0 Å². The lowest BCUT2D eigenvalue weighted by atomic mass is 10.1. The highest BCUT2D eigenvalue weighted by molar-refractivity contribution is 5.73. The average Bonchev–Trinajstić information content (AvgIpc) is 1.99. The zero-order chi connectivity index (χ0) is 7.98. The minimum atomic E-state index is -0.0969. The van der Waals surface area contributed by atoms with Crippen molar-refractivity contribution in [2.45, 2.75) is 20.3 Å². The van der Waals surface area contributed by atoms with Gasteiger partial charge < -0.3 is 10.6 Å². The number of rotatable bonds is 3. The molecule has 3 heteroatoms. The van der Waals surface area contributed by atoms with E-state index in [1.165, 1.54) is 0 Å². The first-order chi connectivity index (χ1) is 4.70. The molecule has 0 aliphatic heterocycles. The Hall–Kier alpha value is -0.730. The van der Waals surface area contributed by atoms with E-state index >= 15 is 0 Å². The maximum absolute atomic E-state index is 10.6. The second kappa shape index (κ2) is 5.09. The Morgan fingerprint density at radius 3 is 2.60 bits per heavy atom. The molecule has 2 amide bonds. The molecule has 0 aromatic rings. The minimum Gasteiger partial charge on any atom is -0.341 e. The van der Waals surface area contributed by atoms with Crippen LogP contribution in [0.15, 0.2) is 0 Å². The monoisotopic (exact) mass is 144 g/mol. The zero-order valence-corrected chi connectivity index (χ0v) is 6.90. The van der Waals surface area contributed by atoms with Gasteiger partial charge in [0, 0.05) is 13.6 Å². The number of hydrogen-bond acceptors (Lipinski definition) is 1. The van der Waals surface area contributed by atoms with Crippen molar-refractivity contribution < 1.29 is 4.79 Å². The van der Waals surface area contributed by atoms with E-state index in [0.717, 1.165) is 13.0 Å². The van der Waals surface area contributed by atoms with Crippen molar-refractivity contribution in [1.82, 2.24) is 10.6 Å². The third-order valence-electron chi connectivity index (χ3n) is 1.54. The van der Waals surface area contributed by atoms with Gasteiger partial charge in [-0.25, -0.2) is 4.79 Å². The van der Waals surface area contributed by atoms with E-state index in [-0.39, 0.29) is 6.03 Å².